The third-order valence-corrected chi connectivity index (χ3v) is 5.53. The molecule has 1 heterocycles. The van der Waals surface area contributed by atoms with Crippen molar-refractivity contribution in [3.8, 4) is 0 Å². The first-order valence-corrected chi connectivity index (χ1v) is 9.77. The number of hydrogen-bond donors (Lipinski definition) is 1. The number of aromatic nitrogens is 1. The molecule has 0 unspecified atom stereocenters. The van der Waals surface area contributed by atoms with Crippen LogP contribution in [0.25, 0.3) is 0 Å². The summed E-state index contributed by atoms with van der Waals surface area (Å²) in [7, 11) is 0. The standard InChI is InChI=1S/C16H19BrN2OS2/c1-11(2)8-18-15(20)7-14-10-22-16(19-14)21-9-12-3-5-13(17)6-4-12/h3-6,10-11H,7-9H2,1-2H3,(H,18,20). The molecule has 22 heavy (non-hydrogen) atoms. The van der Waals surface area contributed by atoms with Gasteiger partial charge in [0, 0.05) is 22.2 Å². The fourth-order valence-corrected chi connectivity index (χ4v) is 3.77. The number of nitrogens with zero attached hydrogens (tertiary/aromatic N) is 1. The Kier molecular flexibility index (Phi) is 6.92. The molecule has 0 atom stereocenters. The molecule has 0 saturated heterocycles. The average molecular weight is 399 g/mol. The Morgan fingerprint density at radius 1 is 1.36 bits per heavy atom. The van der Waals surface area contributed by atoms with Gasteiger partial charge in [-0.2, -0.15) is 0 Å². The van der Waals surface area contributed by atoms with Crippen LogP contribution in [0.4, 0.5) is 0 Å². The van der Waals surface area contributed by atoms with Crippen LogP contribution >= 0.6 is 39.0 Å². The number of nitrogens with one attached hydrogen (secondary N) is 1. The molecule has 1 amide bonds. The summed E-state index contributed by atoms with van der Waals surface area (Å²) < 4.78 is 2.10. The first kappa shape index (κ1) is 17.5. The Morgan fingerprint density at radius 2 is 2.09 bits per heavy atom. The second-order valence-electron chi connectivity index (χ2n) is 5.39. The van der Waals surface area contributed by atoms with Gasteiger partial charge in [-0.3, -0.25) is 4.79 Å². The molecule has 1 aromatic heterocycles. The van der Waals surface area contributed by atoms with Gasteiger partial charge in [-0.05, 0) is 23.6 Å². The topological polar surface area (TPSA) is 42.0 Å². The lowest BCUT2D eigenvalue weighted by Crippen LogP contribution is -2.28. The van der Waals surface area contributed by atoms with Crippen molar-refractivity contribution in [3.63, 3.8) is 0 Å². The van der Waals surface area contributed by atoms with E-state index in [1.54, 1.807) is 23.1 Å². The van der Waals surface area contributed by atoms with Gasteiger partial charge in [-0.1, -0.05) is 53.7 Å². The highest BCUT2D eigenvalue weighted by Gasteiger charge is 2.08. The lowest BCUT2D eigenvalue weighted by molar-refractivity contribution is -0.120. The fraction of sp³-hybridized carbons (Fsp3) is 0.375. The van der Waals surface area contributed by atoms with Crippen molar-refractivity contribution < 1.29 is 4.79 Å². The summed E-state index contributed by atoms with van der Waals surface area (Å²) in [5, 5.41) is 4.89. The maximum absolute atomic E-state index is 11.8. The third-order valence-electron chi connectivity index (χ3n) is 2.86. The largest absolute Gasteiger partial charge is 0.356 e. The van der Waals surface area contributed by atoms with E-state index in [1.807, 2.05) is 17.5 Å². The van der Waals surface area contributed by atoms with E-state index in [-0.39, 0.29) is 5.91 Å². The van der Waals surface area contributed by atoms with Gasteiger partial charge in [0.25, 0.3) is 0 Å². The number of halogens is 1. The zero-order valence-corrected chi connectivity index (χ0v) is 15.9. The number of thioether (sulfide) groups is 1. The van der Waals surface area contributed by atoms with Crippen molar-refractivity contribution >= 4 is 44.9 Å². The van der Waals surface area contributed by atoms with Gasteiger partial charge in [-0.25, -0.2) is 4.98 Å². The monoisotopic (exact) mass is 398 g/mol. The van der Waals surface area contributed by atoms with Gasteiger partial charge in [-0.15, -0.1) is 11.3 Å². The number of rotatable bonds is 7. The zero-order chi connectivity index (χ0) is 15.9. The minimum absolute atomic E-state index is 0.0449. The number of amides is 1. The summed E-state index contributed by atoms with van der Waals surface area (Å²) in [4.78, 5) is 16.3. The number of hydrogen-bond acceptors (Lipinski definition) is 4. The Hall–Kier alpha value is -0.850. The molecule has 0 spiro atoms. The van der Waals surface area contributed by atoms with Gasteiger partial charge in [0.05, 0.1) is 12.1 Å². The Balaban J connectivity index is 1.81. The van der Waals surface area contributed by atoms with E-state index >= 15 is 0 Å². The van der Waals surface area contributed by atoms with Gasteiger partial charge < -0.3 is 5.32 Å². The lowest BCUT2D eigenvalue weighted by Gasteiger charge is -2.06. The number of carbonyl (C=O) groups is 1. The molecular formula is C16H19BrN2OS2. The highest BCUT2D eigenvalue weighted by molar-refractivity contribution is 9.10. The van der Waals surface area contributed by atoms with Crippen LogP contribution in [-0.4, -0.2) is 17.4 Å². The molecule has 0 radical (unpaired) electrons. The molecule has 2 rings (SSSR count). The minimum atomic E-state index is 0.0449. The van der Waals surface area contributed by atoms with E-state index in [0.29, 0.717) is 18.9 Å². The second kappa shape index (κ2) is 8.70. The van der Waals surface area contributed by atoms with Crippen LogP contribution in [-0.2, 0) is 17.0 Å². The van der Waals surface area contributed by atoms with Crippen molar-refractivity contribution in [1.29, 1.82) is 0 Å². The van der Waals surface area contributed by atoms with Gasteiger partial charge in [0.2, 0.25) is 5.91 Å². The van der Waals surface area contributed by atoms with Crippen LogP contribution in [0.5, 0.6) is 0 Å². The van der Waals surface area contributed by atoms with Crippen molar-refractivity contribution in [2.75, 3.05) is 6.54 Å². The number of benzene rings is 1. The highest BCUT2D eigenvalue weighted by atomic mass is 79.9. The molecule has 0 saturated carbocycles. The van der Waals surface area contributed by atoms with Gasteiger partial charge in [0.1, 0.15) is 4.34 Å². The summed E-state index contributed by atoms with van der Waals surface area (Å²) in [5.41, 5.74) is 2.11. The van der Waals surface area contributed by atoms with E-state index in [1.165, 1.54) is 5.56 Å². The fourth-order valence-electron chi connectivity index (χ4n) is 1.71. The van der Waals surface area contributed by atoms with Crippen molar-refractivity contribution in [2.24, 2.45) is 5.92 Å². The van der Waals surface area contributed by atoms with Gasteiger partial charge in [0.15, 0.2) is 0 Å². The second-order valence-corrected chi connectivity index (χ2v) is 8.39. The van der Waals surface area contributed by atoms with E-state index in [4.69, 9.17) is 0 Å². The van der Waals surface area contributed by atoms with E-state index < -0.39 is 0 Å². The molecular weight excluding hydrogens is 380 g/mol. The average Bonchev–Trinajstić information content (AvgIpc) is 2.92. The Morgan fingerprint density at radius 3 is 2.77 bits per heavy atom. The molecule has 2 aromatic rings. The van der Waals surface area contributed by atoms with Crippen molar-refractivity contribution in [3.05, 3.63) is 45.4 Å². The molecule has 0 fully saturated rings. The quantitative estimate of drug-likeness (QED) is 0.697. The Bertz CT molecular complexity index is 611. The molecule has 0 aliphatic rings. The summed E-state index contributed by atoms with van der Waals surface area (Å²) >= 11 is 6.74. The van der Waals surface area contributed by atoms with E-state index in [2.05, 4.69) is 52.2 Å². The summed E-state index contributed by atoms with van der Waals surface area (Å²) in [6.45, 7) is 4.88. The lowest BCUT2D eigenvalue weighted by atomic mass is 10.2. The maximum Gasteiger partial charge on any atom is 0.226 e. The van der Waals surface area contributed by atoms with Crippen LogP contribution < -0.4 is 5.32 Å². The minimum Gasteiger partial charge on any atom is -0.356 e. The first-order chi connectivity index (χ1) is 10.5. The van der Waals surface area contributed by atoms with Gasteiger partial charge >= 0.3 is 0 Å². The maximum atomic E-state index is 11.8. The van der Waals surface area contributed by atoms with Crippen molar-refractivity contribution in [1.82, 2.24) is 10.3 Å². The molecule has 0 aliphatic heterocycles. The van der Waals surface area contributed by atoms with Crippen LogP contribution in [0, 0.1) is 5.92 Å². The Labute approximate surface area is 148 Å². The number of thiazole rings is 1. The molecule has 3 nitrogen and oxygen atoms in total. The SMILES string of the molecule is CC(C)CNC(=O)Cc1csc(SCc2ccc(Br)cc2)n1. The summed E-state index contributed by atoms with van der Waals surface area (Å²) in [6.07, 6.45) is 0.363. The molecule has 1 aromatic carbocycles. The molecule has 118 valence electrons. The molecule has 1 N–H and O–H groups in total. The zero-order valence-electron chi connectivity index (χ0n) is 12.6. The first-order valence-electron chi connectivity index (χ1n) is 7.11. The molecule has 0 bridgehead atoms. The highest BCUT2D eigenvalue weighted by Crippen LogP contribution is 2.26. The van der Waals surface area contributed by atoms with Crippen LogP contribution in [0.1, 0.15) is 25.1 Å². The van der Waals surface area contributed by atoms with Crippen molar-refractivity contribution in [2.45, 2.75) is 30.4 Å². The van der Waals surface area contributed by atoms with Crippen LogP contribution in [0.15, 0.2) is 38.5 Å². The predicted molar refractivity (Wildman–Crippen MR) is 97.4 cm³/mol. The smallest absolute Gasteiger partial charge is 0.226 e. The third kappa shape index (κ3) is 6.10. The predicted octanol–water partition coefficient (Wildman–Crippen LogP) is 4.51. The van der Waals surface area contributed by atoms with E-state index in [9.17, 15) is 4.79 Å². The summed E-state index contributed by atoms with van der Waals surface area (Å²) in [5.74, 6) is 1.40. The number of carbonyl (C=O) groups excluding carboxylic acids is 1. The normalized spacial score (nSPS) is 10.9. The molecule has 6 heteroatoms. The van der Waals surface area contributed by atoms with Crippen LogP contribution in [0.2, 0.25) is 0 Å². The molecule has 0 aliphatic carbocycles. The summed E-state index contributed by atoms with van der Waals surface area (Å²) in [6, 6.07) is 8.29. The van der Waals surface area contributed by atoms with Crippen LogP contribution in [0.3, 0.4) is 0 Å². The van der Waals surface area contributed by atoms with E-state index in [0.717, 1.165) is 20.3 Å².